The molecule has 0 saturated carbocycles. The molecule has 5 heteroatoms. The van der Waals surface area contributed by atoms with Crippen molar-refractivity contribution in [2.45, 2.75) is 20.8 Å². The van der Waals surface area contributed by atoms with Crippen molar-refractivity contribution in [2.24, 2.45) is 0 Å². The number of rotatable bonds is 2. The van der Waals surface area contributed by atoms with Crippen LogP contribution in [0.3, 0.4) is 0 Å². The Hall–Kier alpha value is -1.81. The lowest BCUT2D eigenvalue weighted by molar-refractivity contribution is 0.390. The highest BCUT2D eigenvalue weighted by Crippen LogP contribution is 2.32. The lowest BCUT2D eigenvalue weighted by Crippen LogP contribution is -1.95. The lowest BCUT2D eigenvalue weighted by atomic mass is 10.1. The summed E-state index contributed by atoms with van der Waals surface area (Å²) in [6, 6.07) is 5.25. The van der Waals surface area contributed by atoms with Crippen LogP contribution >= 0.6 is 11.6 Å². The van der Waals surface area contributed by atoms with E-state index in [-0.39, 0.29) is 16.8 Å². The van der Waals surface area contributed by atoms with Gasteiger partial charge in [0.2, 0.25) is 0 Å². The lowest BCUT2D eigenvalue weighted by Gasteiger charge is -2.11. The standard InChI is InChI=1S/C13H13ClN2O2/c1-7-4-8(2)9(3)11(5-7)18-13-10(17)6-12(14)15-16-13/h4-6H,1-3H3,(H,15,17). The topological polar surface area (TPSA) is 55.2 Å². The SMILES string of the molecule is Cc1cc(C)c(C)c(Oc2nnc(Cl)cc2O)c1. The van der Waals surface area contributed by atoms with E-state index >= 15 is 0 Å². The molecule has 1 heterocycles. The highest BCUT2D eigenvalue weighted by molar-refractivity contribution is 6.29. The number of aromatic nitrogens is 2. The Bertz CT molecular complexity index is 600. The summed E-state index contributed by atoms with van der Waals surface area (Å²) in [5.41, 5.74) is 3.19. The van der Waals surface area contributed by atoms with Crippen molar-refractivity contribution in [1.82, 2.24) is 10.2 Å². The second-order valence-electron chi connectivity index (χ2n) is 4.16. The van der Waals surface area contributed by atoms with Crippen molar-refractivity contribution in [1.29, 1.82) is 0 Å². The highest BCUT2D eigenvalue weighted by Gasteiger charge is 2.11. The summed E-state index contributed by atoms with van der Waals surface area (Å²) in [6.07, 6.45) is 0. The third-order valence-electron chi connectivity index (χ3n) is 2.68. The molecule has 0 radical (unpaired) electrons. The summed E-state index contributed by atoms with van der Waals surface area (Å²) in [7, 11) is 0. The molecule has 94 valence electrons. The van der Waals surface area contributed by atoms with Crippen molar-refractivity contribution in [3.8, 4) is 17.4 Å². The van der Waals surface area contributed by atoms with Crippen molar-refractivity contribution < 1.29 is 9.84 Å². The number of aryl methyl sites for hydroxylation is 2. The maximum Gasteiger partial charge on any atom is 0.281 e. The fourth-order valence-electron chi connectivity index (χ4n) is 1.63. The minimum atomic E-state index is -0.131. The summed E-state index contributed by atoms with van der Waals surface area (Å²) in [5, 5.41) is 17.2. The Morgan fingerprint density at radius 2 is 1.83 bits per heavy atom. The molecule has 1 N–H and O–H groups in total. The highest BCUT2D eigenvalue weighted by atomic mass is 35.5. The monoisotopic (exact) mass is 264 g/mol. The van der Waals surface area contributed by atoms with Crippen LogP contribution in [0.15, 0.2) is 18.2 Å². The average Bonchev–Trinajstić information content (AvgIpc) is 2.29. The zero-order valence-corrected chi connectivity index (χ0v) is 11.1. The van der Waals surface area contributed by atoms with Gasteiger partial charge in [0.15, 0.2) is 10.9 Å². The Morgan fingerprint density at radius 1 is 1.11 bits per heavy atom. The molecule has 1 aromatic carbocycles. The Labute approximate surface area is 110 Å². The largest absolute Gasteiger partial charge is 0.503 e. The summed E-state index contributed by atoms with van der Waals surface area (Å²) in [6.45, 7) is 5.93. The molecular formula is C13H13ClN2O2. The molecule has 0 aliphatic heterocycles. The number of hydrogen-bond acceptors (Lipinski definition) is 4. The fourth-order valence-corrected chi connectivity index (χ4v) is 1.77. The first-order valence-electron chi connectivity index (χ1n) is 5.45. The van der Waals surface area contributed by atoms with Gasteiger partial charge in [0, 0.05) is 6.07 Å². The first kappa shape index (κ1) is 12.6. The van der Waals surface area contributed by atoms with E-state index < -0.39 is 0 Å². The third kappa shape index (κ3) is 2.54. The molecule has 0 aliphatic carbocycles. The van der Waals surface area contributed by atoms with Crippen LogP contribution in [0.2, 0.25) is 5.15 Å². The van der Waals surface area contributed by atoms with E-state index in [1.807, 2.05) is 26.8 Å². The van der Waals surface area contributed by atoms with Crippen molar-refractivity contribution >= 4 is 11.6 Å². The fraction of sp³-hybridized carbons (Fsp3) is 0.231. The van der Waals surface area contributed by atoms with Crippen LogP contribution in [0.1, 0.15) is 16.7 Å². The van der Waals surface area contributed by atoms with Crippen molar-refractivity contribution in [3.05, 3.63) is 40.0 Å². The van der Waals surface area contributed by atoms with Crippen LogP contribution in [-0.2, 0) is 0 Å². The van der Waals surface area contributed by atoms with Gasteiger partial charge in [0.25, 0.3) is 5.88 Å². The number of benzene rings is 1. The van der Waals surface area contributed by atoms with Gasteiger partial charge in [-0.2, -0.15) is 0 Å². The van der Waals surface area contributed by atoms with Crippen molar-refractivity contribution in [3.63, 3.8) is 0 Å². The molecule has 0 saturated heterocycles. The normalized spacial score (nSPS) is 10.4. The van der Waals surface area contributed by atoms with E-state index in [2.05, 4.69) is 16.3 Å². The van der Waals surface area contributed by atoms with Gasteiger partial charge in [-0.3, -0.25) is 0 Å². The van der Waals surface area contributed by atoms with Gasteiger partial charge in [-0.25, -0.2) is 0 Å². The van der Waals surface area contributed by atoms with E-state index in [0.29, 0.717) is 5.75 Å². The molecule has 0 spiro atoms. The van der Waals surface area contributed by atoms with Gasteiger partial charge < -0.3 is 9.84 Å². The summed E-state index contributed by atoms with van der Waals surface area (Å²) in [5.74, 6) is 0.570. The van der Waals surface area contributed by atoms with E-state index in [9.17, 15) is 5.11 Å². The van der Waals surface area contributed by atoms with E-state index in [0.717, 1.165) is 16.7 Å². The number of halogens is 1. The van der Waals surface area contributed by atoms with Crippen LogP contribution in [0.25, 0.3) is 0 Å². The molecule has 4 nitrogen and oxygen atoms in total. The van der Waals surface area contributed by atoms with Gasteiger partial charge >= 0.3 is 0 Å². The predicted octanol–water partition coefficient (Wildman–Crippen LogP) is 3.55. The van der Waals surface area contributed by atoms with E-state index in [1.54, 1.807) is 0 Å². The van der Waals surface area contributed by atoms with E-state index in [1.165, 1.54) is 6.07 Å². The van der Waals surface area contributed by atoms with Crippen LogP contribution in [0.5, 0.6) is 17.4 Å². The van der Waals surface area contributed by atoms with Crippen LogP contribution in [-0.4, -0.2) is 15.3 Å². The number of aromatic hydroxyl groups is 1. The number of hydrogen-bond donors (Lipinski definition) is 1. The maximum atomic E-state index is 9.67. The molecule has 0 atom stereocenters. The zero-order valence-electron chi connectivity index (χ0n) is 10.4. The molecule has 0 bridgehead atoms. The Morgan fingerprint density at radius 3 is 2.50 bits per heavy atom. The minimum Gasteiger partial charge on any atom is -0.503 e. The summed E-state index contributed by atoms with van der Waals surface area (Å²) in [4.78, 5) is 0. The molecule has 2 rings (SSSR count). The molecule has 0 fully saturated rings. The predicted molar refractivity (Wildman–Crippen MR) is 69.4 cm³/mol. The van der Waals surface area contributed by atoms with Crippen molar-refractivity contribution in [2.75, 3.05) is 0 Å². The van der Waals surface area contributed by atoms with Gasteiger partial charge in [0.05, 0.1) is 0 Å². The smallest absolute Gasteiger partial charge is 0.281 e. The second-order valence-corrected chi connectivity index (χ2v) is 4.55. The van der Waals surface area contributed by atoms with Gasteiger partial charge in [-0.05, 0) is 43.5 Å². The quantitative estimate of drug-likeness (QED) is 0.901. The Kier molecular flexibility index (Phi) is 3.39. The number of nitrogens with zero attached hydrogens (tertiary/aromatic N) is 2. The summed E-state index contributed by atoms with van der Waals surface area (Å²) >= 11 is 5.61. The molecule has 0 unspecified atom stereocenters. The van der Waals surface area contributed by atoms with Crippen LogP contribution in [0.4, 0.5) is 0 Å². The maximum absolute atomic E-state index is 9.67. The van der Waals surface area contributed by atoms with E-state index in [4.69, 9.17) is 16.3 Å². The molecule has 1 aromatic heterocycles. The van der Waals surface area contributed by atoms with Gasteiger partial charge in [0.1, 0.15) is 5.75 Å². The van der Waals surface area contributed by atoms with Gasteiger partial charge in [-0.15, -0.1) is 10.2 Å². The second kappa shape index (κ2) is 4.82. The molecule has 2 aromatic rings. The number of ether oxygens (including phenoxy) is 1. The first-order chi connectivity index (χ1) is 8.47. The molecule has 18 heavy (non-hydrogen) atoms. The van der Waals surface area contributed by atoms with Crippen LogP contribution < -0.4 is 4.74 Å². The third-order valence-corrected chi connectivity index (χ3v) is 2.87. The molecule has 0 amide bonds. The molecular weight excluding hydrogens is 252 g/mol. The summed E-state index contributed by atoms with van der Waals surface area (Å²) < 4.78 is 5.57. The van der Waals surface area contributed by atoms with Gasteiger partial charge in [-0.1, -0.05) is 17.7 Å². The first-order valence-corrected chi connectivity index (χ1v) is 5.83. The minimum absolute atomic E-state index is 0.0486. The average molecular weight is 265 g/mol. The molecule has 0 aliphatic rings. The zero-order chi connectivity index (χ0) is 13.3. The van der Waals surface area contributed by atoms with Crippen LogP contribution in [0, 0.1) is 20.8 Å². The Balaban J connectivity index is 2.40.